The van der Waals surface area contributed by atoms with Crippen LogP contribution in [0, 0.1) is 12.8 Å². The van der Waals surface area contributed by atoms with Gasteiger partial charge in [0.2, 0.25) is 0 Å². The van der Waals surface area contributed by atoms with Crippen molar-refractivity contribution in [3.63, 3.8) is 0 Å². The molecule has 0 aromatic heterocycles. The highest BCUT2D eigenvalue weighted by atomic mass is 16.1. The predicted octanol–water partition coefficient (Wildman–Crippen LogP) is 2.41. The van der Waals surface area contributed by atoms with Gasteiger partial charge in [0, 0.05) is 19.0 Å². The van der Waals surface area contributed by atoms with Crippen molar-refractivity contribution in [1.82, 2.24) is 4.90 Å². The first-order chi connectivity index (χ1) is 7.65. The normalized spacial score (nSPS) is 21.2. The molecule has 1 aromatic rings. The maximum absolute atomic E-state index is 11.3. The van der Waals surface area contributed by atoms with Crippen molar-refractivity contribution >= 4 is 5.78 Å². The van der Waals surface area contributed by atoms with Gasteiger partial charge in [-0.15, -0.1) is 0 Å². The van der Waals surface area contributed by atoms with E-state index < -0.39 is 0 Å². The molecule has 1 fully saturated rings. The number of benzene rings is 1. The molecule has 1 saturated heterocycles. The topological polar surface area (TPSA) is 20.3 Å². The third kappa shape index (κ3) is 2.70. The van der Waals surface area contributed by atoms with E-state index in [9.17, 15) is 4.79 Å². The van der Waals surface area contributed by atoms with Gasteiger partial charge >= 0.3 is 0 Å². The molecule has 16 heavy (non-hydrogen) atoms. The maximum atomic E-state index is 11.3. The lowest BCUT2D eigenvalue weighted by Crippen LogP contribution is -2.22. The molecule has 0 N–H and O–H groups in total. The van der Waals surface area contributed by atoms with Crippen LogP contribution in [0.15, 0.2) is 24.3 Å². The molecule has 2 heteroatoms. The van der Waals surface area contributed by atoms with Gasteiger partial charge in [-0.05, 0) is 32.4 Å². The smallest absolute Gasteiger partial charge is 0.134 e. The summed E-state index contributed by atoms with van der Waals surface area (Å²) in [7, 11) is 0. The number of carbonyl (C=O) groups excluding carboxylic acids is 1. The highest BCUT2D eigenvalue weighted by Gasteiger charge is 2.25. The van der Waals surface area contributed by atoms with Gasteiger partial charge < -0.3 is 0 Å². The number of carbonyl (C=O) groups is 1. The summed E-state index contributed by atoms with van der Waals surface area (Å²) >= 11 is 0. The first kappa shape index (κ1) is 11.3. The van der Waals surface area contributed by atoms with Crippen molar-refractivity contribution in [3.05, 3.63) is 35.4 Å². The van der Waals surface area contributed by atoms with Crippen LogP contribution in [0.4, 0.5) is 0 Å². The maximum Gasteiger partial charge on any atom is 0.134 e. The molecule has 2 rings (SSSR count). The molecular formula is C14H19NO. The molecule has 1 aliphatic rings. The Morgan fingerprint density at radius 3 is 2.94 bits per heavy atom. The molecule has 1 aromatic carbocycles. The van der Waals surface area contributed by atoms with Crippen molar-refractivity contribution in [2.75, 3.05) is 13.1 Å². The number of Topliss-reactive ketones (excluding diaryl/α,β-unsaturated/α-hetero) is 1. The van der Waals surface area contributed by atoms with Crippen LogP contribution in [0.3, 0.4) is 0 Å². The van der Waals surface area contributed by atoms with Crippen molar-refractivity contribution in [3.8, 4) is 0 Å². The van der Waals surface area contributed by atoms with Crippen LogP contribution >= 0.6 is 0 Å². The van der Waals surface area contributed by atoms with E-state index in [1.165, 1.54) is 11.1 Å². The lowest BCUT2D eigenvalue weighted by molar-refractivity contribution is -0.120. The number of hydrogen-bond acceptors (Lipinski definition) is 2. The van der Waals surface area contributed by atoms with Crippen molar-refractivity contribution in [2.45, 2.75) is 26.8 Å². The third-order valence-electron chi connectivity index (χ3n) is 3.34. The van der Waals surface area contributed by atoms with E-state index in [1.807, 2.05) is 0 Å². The summed E-state index contributed by atoms with van der Waals surface area (Å²) in [5.41, 5.74) is 2.66. The molecule has 0 radical (unpaired) electrons. The Hall–Kier alpha value is -1.15. The number of rotatable bonds is 3. The van der Waals surface area contributed by atoms with Crippen LogP contribution in [0.1, 0.15) is 24.5 Å². The zero-order chi connectivity index (χ0) is 11.5. The highest BCUT2D eigenvalue weighted by Crippen LogP contribution is 2.19. The Labute approximate surface area is 97.3 Å². The average Bonchev–Trinajstić information content (AvgIpc) is 2.66. The zero-order valence-corrected chi connectivity index (χ0v) is 10.1. The summed E-state index contributed by atoms with van der Waals surface area (Å²) < 4.78 is 0. The number of nitrogens with zero attached hydrogens (tertiary/aromatic N) is 1. The van der Waals surface area contributed by atoms with Gasteiger partial charge in [0.15, 0.2) is 0 Å². The Bertz CT molecular complexity index is 386. The van der Waals surface area contributed by atoms with Crippen LogP contribution in [0.2, 0.25) is 0 Å². The fourth-order valence-electron chi connectivity index (χ4n) is 2.38. The minimum Gasteiger partial charge on any atom is -0.300 e. The van der Waals surface area contributed by atoms with E-state index in [2.05, 4.69) is 36.1 Å². The van der Waals surface area contributed by atoms with Gasteiger partial charge in [-0.3, -0.25) is 9.69 Å². The Morgan fingerprint density at radius 2 is 2.31 bits per heavy atom. The summed E-state index contributed by atoms with van der Waals surface area (Å²) in [6, 6.07) is 8.60. The van der Waals surface area contributed by atoms with Crippen molar-refractivity contribution in [1.29, 1.82) is 0 Å². The summed E-state index contributed by atoms with van der Waals surface area (Å²) in [5.74, 6) is 0.608. The molecule has 1 heterocycles. The summed E-state index contributed by atoms with van der Waals surface area (Å²) in [6.45, 7) is 6.79. The van der Waals surface area contributed by atoms with Gasteiger partial charge in [0.25, 0.3) is 0 Å². The minimum absolute atomic E-state index is 0.268. The molecule has 86 valence electrons. The molecular weight excluding hydrogens is 198 g/mol. The first-order valence-electron chi connectivity index (χ1n) is 5.93. The van der Waals surface area contributed by atoms with Crippen molar-refractivity contribution < 1.29 is 4.79 Å². The molecule has 0 amide bonds. The SMILES string of the molecule is CC(=O)C1CCN(Cc2cccc(C)c2)C1. The first-order valence-corrected chi connectivity index (χ1v) is 5.93. The fraction of sp³-hybridized carbons (Fsp3) is 0.500. The lowest BCUT2D eigenvalue weighted by atomic mass is 10.1. The van der Waals surface area contributed by atoms with Gasteiger partial charge in [-0.2, -0.15) is 0 Å². The Balaban J connectivity index is 1.94. The Kier molecular flexibility index (Phi) is 3.39. The van der Waals surface area contributed by atoms with E-state index in [0.29, 0.717) is 5.78 Å². The van der Waals surface area contributed by atoms with Gasteiger partial charge in [0.1, 0.15) is 5.78 Å². The van der Waals surface area contributed by atoms with Crippen LogP contribution < -0.4 is 0 Å². The van der Waals surface area contributed by atoms with Gasteiger partial charge in [-0.1, -0.05) is 29.8 Å². The monoisotopic (exact) mass is 217 g/mol. The minimum atomic E-state index is 0.268. The standard InChI is InChI=1S/C14H19NO/c1-11-4-3-5-13(8-11)9-15-7-6-14(10-15)12(2)16/h3-5,8,14H,6-7,9-10H2,1-2H3. The van der Waals surface area contributed by atoms with E-state index >= 15 is 0 Å². The second-order valence-electron chi connectivity index (χ2n) is 4.82. The summed E-state index contributed by atoms with van der Waals surface area (Å²) in [6.07, 6.45) is 1.03. The largest absolute Gasteiger partial charge is 0.300 e. The average molecular weight is 217 g/mol. The third-order valence-corrected chi connectivity index (χ3v) is 3.34. The molecule has 0 aliphatic carbocycles. The number of likely N-dealkylation sites (tertiary alicyclic amines) is 1. The zero-order valence-electron chi connectivity index (χ0n) is 10.1. The van der Waals surface area contributed by atoms with E-state index in [-0.39, 0.29) is 5.92 Å². The lowest BCUT2D eigenvalue weighted by Gasteiger charge is -2.15. The van der Waals surface area contributed by atoms with Gasteiger partial charge in [0.05, 0.1) is 0 Å². The van der Waals surface area contributed by atoms with Crippen LogP contribution in [-0.4, -0.2) is 23.8 Å². The molecule has 2 nitrogen and oxygen atoms in total. The summed E-state index contributed by atoms with van der Waals surface area (Å²) in [4.78, 5) is 13.6. The van der Waals surface area contributed by atoms with E-state index in [4.69, 9.17) is 0 Å². The molecule has 0 bridgehead atoms. The van der Waals surface area contributed by atoms with Gasteiger partial charge in [-0.25, -0.2) is 0 Å². The van der Waals surface area contributed by atoms with E-state index in [0.717, 1.165) is 26.1 Å². The van der Waals surface area contributed by atoms with Crippen molar-refractivity contribution in [2.24, 2.45) is 5.92 Å². The van der Waals surface area contributed by atoms with Crippen LogP contribution in [-0.2, 0) is 11.3 Å². The Morgan fingerprint density at radius 1 is 1.50 bits per heavy atom. The second-order valence-corrected chi connectivity index (χ2v) is 4.82. The fourth-order valence-corrected chi connectivity index (χ4v) is 2.38. The van der Waals surface area contributed by atoms with Crippen LogP contribution in [0.5, 0.6) is 0 Å². The molecule has 1 unspecified atom stereocenters. The summed E-state index contributed by atoms with van der Waals surface area (Å²) in [5, 5.41) is 0. The van der Waals surface area contributed by atoms with E-state index in [1.54, 1.807) is 6.92 Å². The quantitative estimate of drug-likeness (QED) is 0.775. The molecule has 1 aliphatic heterocycles. The predicted molar refractivity (Wildman–Crippen MR) is 65.2 cm³/mol. The molecule has 0 saturated carbocycles. The second kappa shape index (κ2) is 4.79. The van der Waals surface area contributed by atoms with Crippen LogP contribution in [0.25, 0.3) is 0 Å². The molecule has 1 atom stereocenters. The number of aryl methyl sites for hydroxylation is 1. The highest BCUT2D eigenvalue weighted by molar-refractivity contribution is 5.78. The number of hydrogen-bond donors (Lipinski definition) is 0. The molecule has 0 spiro atoms. The number of ketones is 1.